The van der Waals surface area contributed by atoms with Gasteiger partial charge in [0, 0.05) is 16.2 Å². The monoisotopic (exact) mass is 340 g/mol. The van der Waals surface area contributed by atoms with Gasteiger partial charge < -0.3 is 11.1 Å². The molecule has 3 N–H and O–H groups in total. The van der Waals surface area contributed by atoms with Crippen molar-refractivity contribution in [1.82, 2.24) is 0 Å². The Bertz CT molecular complexity index is 689. The Morgan fingerprint density at radius 3 is 2.60 bits per heavy atom. The fourth-order valence-corrected chi connectivity index (χ4v) is 2.02. The largest absolute Gasteiger partial charge is 0.396 e. The zero-order chi connectivity index (χ0) is 14.9. The summed E-state index contributed by atoms with van der Waals surface area (Å²) in [4.78, 5) is 12.0. The van der Waals surface area contributed by atoms with Crippen LogP contribution in [0, 0.1) is 18.6 Å². The Kier molecular flexibility index (Phi) is 4.04. The SMILES string of the molecule is Cc1ccc(Br)cc1NC(=O)c1cc(N)c(F)cc1F. The summed E-state index contributed by atoms with van der Waals surface area (Å²) in [6.07, 6.45) is 0. The van der Waals surface area contributed by atoms with E-state index in [0.29, 0.717) is 11.8 Å². The first-order valence-corrected chi connectivity index (χ1v) is 6.50. The van der Waals surface area contributed by atoms with Crippen LogP contribution in [0.15, 0.2) is 34.8 Å². The molecule has 0 aromatic heterocycles. The maximum atomic E-state index is 13.6. The Hall–Kier alpha value is -1.95. The van der Waals surface area contributed by atoms with Crippen molar-refractivity contribution in [2.45, 2.75) is 6.92 Å². The van der Waals surface area contributed by atoms with Gasteiger partial charge in [0.05, 0.1) is 11.3 Å². The van der Waals surface area contributed by atoms with Crippen molar-refractivity contribution >= 4 is 33.2 Å². The predicted molar refractivity (Wildman–Crippen MR) is 77.6 cm³/mol. The number of hydrogen-bond donors (Lipinski definition) is 2. The van der Waals surface area contributed by atoms with Crippen LogP contribution in [0.5, 0.6) is 0 Å². The lowest BCUT2D eigenvalue weighted by molar-refractivity contribution is 0.102. The fraction of sp³-hybridized carbons (Fsp3) is 0.0714. The van der Waals surface area contributed by atoms with E-state index in [4.69, 9.17) is 5.73 Å². The molecular weight excluding hydrogens is 330 g/mol. The number of carbonyl (C=O) groups excluding carboxylic acids is 1. The average Bonchev–Trinajstić information content (AvgIpc) is 2.38. The maximum Gasteiger partial charge on any atom is 0.258 e. The number of amides is 1. The third-order valence-corrected chi connectivity index (χ3v) is 3.27. The van der Waals surface area contributed by atoms with Gasteiger partial charge in [0.2, 0.25) is 0 Å². The minimum absolute atomic E-state index is 0.275. The first-order chi connectivity index (χ1) is 9.38. The molecule has 0 fully saturated rings. The van der Waals surface area contributed by atoms with Gasteiger partial charge in [-0.2, -0.15) is 0 Å². The van der Waals surface area contributed by atoms with Gasteiger partial charge in [-0.3, -0.25) is 4.79 Å². The van der Waals surface area contributed by atoms with Crippen LogP contribution in [0.2, 0.25) is 0 Å². The Morgan fingerprint density at radius 1 is 1.20 bits per heavy atom. The van der Waals surface area contributed by atoms with Crippen LogP contribution in [0.4, 0.5) is 20.2 Å². The Labute approximate surface area is 122 Å². The van der Waals surface area contributed by atoms with E-state index in [0.717, 1.165) is 16.1 Å². The van der Waals surface area contributed by atoms with E-state index >= 15 is 0 Å². The molecule has 0 bridgehead atoms. The Balaban J connectivity index is 2.33. The number of nitrogens with two attached hydrogens (primary N) is 1. The molecule has 0 aliphatic heterocycles. The second-order valence-corrected chi connectivity index (χ2v) is 5.18. The molecular formula is C14H11BrF2N2O. The van der Waals surface area contributed by atoms with Crippen molar-refractivity contribution in [2.75, 3.05) is 11.1 Å². The van der Waals surface area contributed by atoms with Crippen LogP contribution < -0.4 is 11.1 Å². The summed E-state index contributed by atoms with van der Waals surface area (Å²) in [5.74, 6) is -2.53. The first kappa shape index (κ1) is 14.5. The summed E-state index contributed by atoms with van der Waals surface area (Å²) in [6, 6.07) is 6.89. The summed E-state index contributed by atoms with van der Waals surface area (Å²) in [5.41, 5.74) is 6.12. The second kappa shape index (κ2) is 5.58. The van der Waals surface area contributed by atoms with E-state index < -0.39 is 17.5 Å². The molecule has 2 aromatic rings. The van der Waals surface area contributed by atoms with E-state index in [-0.39, 0.29) is 11.3 Å². The number of anilines is 2. The molecule has 2 aromatic carbocycles. The molecule has 104 valence electrons. The lowest BCUT2D eigenvalue weighted by atomic mass is 10.1. The maximum absolute atomic E-state index is 13.6. The molecule has 0 aliphatic rings. The molecule has 0 saturated carbocycles. The summed E-state index contributed by atoms with van der Waals surface area (Å²) in [5, 5.41) is 2.57. The van der Waals surface area contributed by atoms with E-state index in [1.54, 1.807) is 19.1 Å². The molecule has 6 heteroatoms. The van der Waals surface area contributed by atoms with Crippen LogP contribution in [0.25, 0.3) is 0 Å². The van der Waals surface area contributed by atoms with Gasteiger partial charge in [0.1, 0.15) is 11.6 Å². The van der Waals surface area contributed by atoms with E-state index in [2.05, 4.69) is 21.2 Å². The first-order valence-electron chi connectivity index (χ1n) is 5.70. The van der Waals surface area contributed by atoms with Crippen molar-refractivity contribution in [2.24, 2.45) is 0 Å². The lowest BCUT2D eigenvalue weighted by Crippen LogP contribution is -2.15. The fourth-order valence-electron chi connectivity index (χ4n) is 1.66. The minimum atomic E-state index is -0.957. The highest BCUT2D eigenvalue weighted by Crippen LogP contribution is 2.23. The number of hydrogen-bond acceptors (Lipinski definition) is 2. The highest BCUT2D eigenvalue weighted by molar-refractivity contribution is 9.10. The topological polar surface area (TPSA) is 55.1 Å². The van der Waals surface area contributed by atoms with E-state index in [1.165, 1.54) is 0 Å². The van der Waals surface area contributed by atoms with Crippen molar-refractivity contribution in [3.8, 4) is 0 Å². The summed E-state index contributed by atoms with van der Waals surface area (Å²) >= 11 is 3.28. The number of benzene rings is 2. The van der Waals surface area contributed by atoms with Gasteiger partial charge in [-0.15, -0.1) is 0 Å². The van der Waals surface area contributed by atoms with Crippen molar-refractivity contribution in [3.63, 3.8) is 0 Å². The molecule has 2 rings (SSSR count). The van der Waals surface area contributed by atoms with Gasteiger partial charge >= 0.3 is 0 Å². The van der Waals surface area contributed by atoms with Crippen LogP contribution in [0.1, 0.15) is 15.9 Å². The zero-order valence-electron chi connectivity index (χ0n) is 10.5. The van der Waals surface area contributed by atoms with Gasteiger partial charge in [-0.1, -0.05) is 22.0 Å². The van der Waals surface area contributed by atoms with Crippen LogP contribution in [-0.4, -0.2) is 5.91 Å². The quantitative estimate of drug-likeness (QED) is 0.815. The molecule has 20 heavy (non-hydrogen) atoms. The second-order valence-electron chi connectivity index (χ2n) is 4.27. The molecule has 1 amide bonds. The van der Waals surface area contributed by atoms with E-state index in [9.17, 15) is 13.6 Å². The number of halogens is 3. The molecule has 3 nitrogen and oxygen atoms in total. The van der Waals surface area contributed by atoms with Crippen LogP contribution in [0.3, 0.4) is 0 Å². The standard InChI is InChI=1S/C14H11BrF2N2O/c1-7-2-3-8(15)4-13(7)19-14(20)9-5-12(18)11(17)6-10(9)16/h2-6H,18H2,1H3,(H,19,20). The lowest BCUT2D eigenvalue weighted by Gasteiger charge is -2.10. The zero-order valence-corrected chi connectivity index (χ0v) is 12.1. The highest BCUT2D eigenvalue weighted by Gasteiger charge is 2.16. The molecule has 0 radical (unpaired) electrons. The van der Waals surface area contributed by atoms with Crippen LogP contribution >= 0.6 is 15.9 Å². The smallest absolute Gasteiger partial charge is 0.258 e. The van der Waals surface area contributed by atoms with Gasteiger partial charge in [-0.05, 0) is 30.7 Å². The molecule has 0 spiro atoms. The predicted octanol–water partition coefficient (Wildman–Crippen LogP) is 3.87. The summed E-state index contributed by atoms with van der Waals surface area (Å²) in [6.45, 7) is 1.80. The van der Waals surface area contributed by atoms with Gasteiger partial charge in [-0.25, -0.2) is 8.78 Å². The summed E-state index contributed by atoms with van der Waals surface area (Å²) < 4.78 is 27.4. The minimum Gasteiger partial charge on any atom is -0.396 e. The van der Waals surface area contributed by atoms with Crippen molar-refractivity contribution in [1.29, 1.82) is 0 Å². The Morgan fingerprint density at radius 2 is 1.90 bits per heavy atom. The molecule has 0 heterocycles. The average molecular weight is 341 g/mol. The number of nitrogen functional groups attached to an aromatic ring is 1. The third kappa shape index (κ3) is 2.96. The molecule has 0 atom stereocenters. The number of rotatable bonds is 2. The summed E-state index contributed by atoms with van der Waals surface area (Å²) in [7, 11) is 0. The molecule has 0 saturated heterocycles. The van der Waals surface area contributed by atoms with E-state index in [1.807, 2.05) is 6.07 Å². The van der Waals surface area contributed by atoms with Gasteiger partial charge in [0.15, 0.2) is 0 Å². The number of carbonyl (C=O) groups is 1. The van der Waals surface area contributed by atoms with Crippen LogP contribution in [-0.2, 0) is 0 Å². The number of aryl methyl sites for hydroxylation is 1. The molecule has 0 unspecified atom stereocenters. The van der Waals surface area contributed by atoms with Crippen molar-refractivity contribution in [3.05, 3.63) is 57.6 Å². The normalized spacial score (nSPS) is 10.4. The number of nitrogens with one attached hydrogen (secondary N) is 1. The highest BCUT2D eigenvalue weighted by atomic mass is 79.9. The molecule has 0 aliphatic carbocycles. The third-order valence-electron chi connectivity index (χ3n) is 2.78. The van der Waals surface area contributed by atoms with Crippen molar-refractivity contribution < 1.29 is 13.6 Å². The van der Waals surface area contributed by atoms with Gasteiger partial charge in [0.25, 0.3) is 5.91 Å².